The van der Waals surface area contributed by atoms with Gasteiger partial charge in [0, 0.05) is 12.8 Å². The lowest BCUT2D eigenvalue weighted by atomic mass is 10.0. The lowest BCUT2D eigenvalue weighted by molar-refractivity contribution is -0.143. The summed E-state index contributed by atoms with van der Waals surface area (Å²) in [6, 6.07) is -0.539. The highest BCUT2D eigenvalue weighted by Gasteiger charge is 2.20. The molecule has 0 saturated heterocycles. The van der Waals surface area contributed by atoms with Gasteiger partial charge in [0.2, 0.25) is 5.91 Å². The van der Waals surface area contributed by atoms with E-state index >= 15 is 0 Å². The van der Waals surface area contributed by atoms with E-state index < -0.39 is 12.1 Å². The molecule has 0 aromatic carbocycles. The maximum Gasteiger partial charge on any atom is 0.305 e. The van der Waals surface area contributed by atoms with Gasteiger partial charge in [0.15, 0.2) is 0 Å². The molecule has 0 rings (SSSR count). The van der Waals surface area contributed by atoms with Gasteiger partial charge in [-0.1, -0.05) is 322 Å². The van der Waals surface area contributed by atoms with Crippen LogP contribution < -0.4 is 5.32 Å². The Morgan fingerprint density at radius 1 is 0.353 bits per heavy atom. The van der Waals surface area contributed by atoms with Crippen molar-refractivity contribution in [1.82, 2.24) is 5.32 Å². The van der Waals surface area contributed by atoms with Crippen LogP contribution in [0.5, 0.6) is 0 Å². The van der Waals surface area contributed by atoms with E-state index in [0.717, 1.165) is 38.5 Å². The molecule has 0 aromatic rings. The Morgan fingerprint density at radius 2 is 0.603 bits per heavy atom. The molecule has 0 radical (unpaired) electrons. The SMILES string of the molecule is CCCCCCCCCCCCCCCCCC(O)C(CO)NC(=O)CCCCCCCCCCCCCCCCCCCCCCCCCOC(=O)CCCCCCCCCCCCCCC. The summed E-state index contributed by atoms with van der Waals surface area (Å²) in [6.45, 7) is 4.98. The van der Waals surface area contributed by atoms with Gasteiger partial charge < -0.3 is 20.3 Å². The molecule has 6 nitrogen and oxygen atoms in total. The summed E-state index contributed by atoms with van der Waals surface area (Å²) in [5.74, 6) is -0.0144. The topological polar surface area (TPSA) is 95.9 Å². The number of aliphatic hydroxyl groups is 2. The Bertz CT molecular complexity index is 975. The van der Waals surface area contributed by atoms with Gasteiger partial charge >= 0.3 is 5.97 Å². The molecule has 68 heavy (non-hydrogen) atoms. The Labute approximate surface area is 426 Å². The van der Waals surface area contributed by atoms with E-state index in [-0.39, 0.29) is 18.5 Å². The number of hydrogen-bond donors (Lipinski definition) is 3. The lowest BCUT2D eigenvalue weighted by Crippen LogP contribution is -2.45. The average molecular weight is 963 g/mol. The number of carbonyl (C=O) groups is 2. The summed E-state index contributed by atoms with van der Waals surface area (Å²) in [6.07, 6.45) is 68.3. The van der Waals surface area contributed by atoms with E-state index in [1.54, 1.807) is 0 Å². The molecule has 0 bridgehead atoms. The fourth-order valence-corrected chi connectivity index (χ4v) is 10.1. The lowest BCUT2D eigenvalue weighted by Gasteiger charge is -2.22. The molecule has 6 heteroatoms. The third kappa shape index (κ3) is 54.2. The summed E-state index contributed by atoms with van der Waals surface area (Å²) in [4.78, 5) is 24.5. The van der Waals surface area contributed by atoms with E-state index in [2.05, 4.69) is 19.2 Å². The number of rotatable bonds is 59. The molecule has 0 heterocycles. The molecular formula is C62H123NO5. The maximum atomic E-state index is 12.5. The number of nitrogens with one attached hydrogen (secondary N) is 1. The highest BCUT2D eigenvalue weighted by atomic mass is 16.5. The predicted molar refractivity (Wildman–Crippen MR) is 297 cm³/mol. The first-order valence-corrected chi connectivity index (χ1v) is 31.3. The zero-order valence-electron chi connectivity index (χ0n) is 46.4. The van der Waals surface area contributed by atoms with E-state index in [1.165, 1.54) is 289 Å². The number of unbranched alkanes of at least 4 members (excludes halogenated alkanes) is 48. The molecule has 0 aromatic heterocycles. The quantitative estimate of drug-likeness (QED) is 0.0417. The van der Waals surface area contributed by atoms with Gasteiger partial charge in [-0.2, -0.15) is 0 Å². The molecule has 2 unspecified atom stereocenters. The van der Waals surface area contributed by atoms with Crippen molar-refractivity contribution in [1.29, 1.82) is 0 Å². The molecule has 406 valence electrons. The molecule has 0 fully saturated rings. The Kier molecular flexibility index (Phi) is 57.5. The molecule has 0 aliphatic heterocycles. The number of aliphatic hydroxyl groups excluding tert-OH is 2. The number of esters is 1. The van der Waals surface area contributed by atoms with Crippen LogP contribution in [0.2, 0.25) is 0 Å². The number of ether oxygens (including phenoxy) is 1. The molecule has 0 aliphatic carbocycles. The maximum absolute atomic E-state index is 12.5. The van der Waals surface area contributed by atoms with Crippen LogP contribution in [-0.4, -0.2) is 47.4 Å². The van der Waals surface area contributed by atoms with Crippen LogP contribution in [0.25, 0.3) is 0 Å². The van der Waals surface area contributed by atoms with Gasteiger partial charge in [-0.15, -0.1) is 0 Å². The molecule has 2 atom stereocenters. The van der Waals surface area contributed by atoms with Gasteiger partial charge in [-0.05, 0) is 25.7 Å². The standard InChI is InChI=1S/C62H123NO5/c1-3-5-7-9-11-13-15-17-27-31-34-38-42-46-50-54-60(65)59(58-64)63-61(66)55-51-47-43-39-35-32-28-25-23-21-19-18-20-22-24-26-29-33-37-41-45-49-53-57-68-62(67)56-52-48-44-40-36-30-16-14-12-10-8-6-4-2/h59-60,64-65H,3-58H2,1-2H3,(H,63,66). The van der Waals surface area contributed by atoms with Crippen LogP contribution >= 0.6 is 0 Å². The van der Waals surface area contributed by atoms with Crippen molar-refractivity contribution in [2.45, 2.75) is 373 Å². The molecule has 3 N–H and O–H groups in total. The normalized spacial score (nSPS) is 12.5. The van der Waals surface area contributed by atoms with Crippen molar-refractivity contribution in [2.75, 3.05) is 13.2 Å². The Morgan fingerprint density at radius 3 is 0.897 bits per heavy atom. The minimum Gasteiger partial charge on any atom is -0.466 e. The molecular weight excluding hydrogens is 839 g/mol. The smallest absolute Gasteiger partial charge is 0.305 e. The second-order valence-corrected chi connectivity index (χ2v) is 21.8. The van der Waals surface area contributed by atoms with Crippen molar-refractivity contribution >= 4 is 11.9 Å². The zero-order valence-corrected chi connectivity index (χ0v) is 46.4. The summed E-state index contributed by atoms with van der Waals surface area (Å²) < 4.78 is 5.48. The van der Waals surface area contributed by atoms with Gasteiger partial charge in [0.05, 0.1) is 25.4 Å². The van der Waals surface area contributed by atoms with Crippen molar-refractivity contribution in [2.24, 2.45) is 0 Å². The largest absolute Gasteiger partial charge is 0.466 e. The highest BCUT2D eigenvalue weighted by Crippen LogP contribution is 2.19. The fraction of sp³-hybridized carbons (Fsp3) is 0.968. The molecule has 0 spiro atoms. The first-order chi connectivity index (χ1) is 33.5. The average Bonchev–Trinajstić information content (AvgIpc) is 3.34. The summed E-state index contributed by atoms with van der Waals surface area (Å²) in [5, 5.41) is 23.3. The molecule has 0 aliphatic rings. The third-order valence-electron chi connectivity index (χ3n) is 14.9. The minimum absolute atomic E-state index is 0.0169. The Balaban J connectivity index is 3.35. The number of carbonyl (C=O) groups excluding carboxylic acids is 2. The number of amides is 1. The summed E-state index contributed by atoms with van der Waals surface area (Å²) in [7, 11) is 0. The minimum atomic E-state index is -0.662. The first kappa shape index (κ1) is 66.9. The van der Waals surface area contributed by atoms with Gasteiger partial charge in [0.1, 0.15) is 0 Å². The predicted octanol–water partition coefficient (Wildman–Crippen LogP) is 19.5. The van der Waals surface area contributed by atoms with Gasteiger partial charge in [-0.3, -0.25) is 9.59 Å². The second kappa shape index (κ2) is 58.4. The molecule has 0 saturated carbocycles. The summed E-state index contributed by atoms with van der Waals surface area (Å²) >= 11 is 0. The zero-order chi connectivity index (χ0) is 49.3. The van der Waals surface area contributed by atoms with Crippen LogP contribution in [0.3, 0.4) is 0 Å². The summed E-state index contributed by atoms with van der Waals surface area (Å²) in [5.41, 5.74) is 0. The highest BCUT2D eigenvalue weighted by molar-refractivity contribution is 5.76. The van der Waals surface area contributed by atoms with E-state index in [1.807, 2.05) is 0 Å². The van der Waals surface area contributed by atoms with Crippen LogP contribution in [0, 0.1) is 0 Å². The van der Waals surface area contributed by atoms with Crippen molar-refractivity contribution in [3.05, 3.63) is 0 Å². The van der Waals surface area contributed by atoms with Gasteiger partial charge in [0.25, 0.3) is 0 Å². The second-order valence-electron chi connectivity index (χ2n) is 21.8. The van der Waals surface area contributed by atoms with Crippen molar-refractivity contribution in [3.8, 4) is 0 Å². The van der Waals surface area contributed by atoms with Crippen LogP contribution in [0.15, 0.2) is 0 Å². The van der Waals surface area contributed by atoms with Crippen LogP contribution in [0.1, 0.15) is 361 Å². The Hall–Kier alpha value is -1.14. The molecule has 1 amide bonds. The van der Waals surface area contributed by atoms with Crippen molar-refractivity contribution < 1.29 is 24.5 Å². The monoisotopic (exact) mass is 962 g/mol. The number of hydrogen-bond acceptors (Lipinski definition) is 5. The van der Waals surface area contributed by atoms with E-state index in [9.17, 15) is 19.8 Å². The third-order valence-corrected chi connectivity index (χ3v) is 14.9. The van der Waals surface area contributed by atoms with Crippen LogP contribution in [-0.2, 0) is 14.3 Å². The van der Waals surface area contributed by atoms with E-state index in [0.29, 0.717) is 25.9 Å². The van der Waals surface area contributed by atoms with Gasteiger partial charge in [-0.25, -0.2) is 0 Å². The van der Waals surface area contributed by atoms with Crippen molar-refractivity contribution in [3.63, 3.8) is 0 Å². The van der Waals surface area contributed by atoms with Crippen LogP contribution in [0.4, 0.5) is 0 Å². The first-order valence-electron chi connectivity index (χ1n) is 31.3. The fourth-order valence-electron chi connectivity index (χ4n) is 10.1. The van der Waals surface area contributed by atoms with E-state index in [4.69, 9.17) is 4.74 Å².